The van der Waals surface area contributed by atoms with E-state index in [1.165, 1.54) is 0 Å². The summed E-state index contributed by atoms with van der Waals surface area (Å²) in [7, 11) is 0. The molecule has 2 atom stereocenters. The number of carboxylic acids is 1. The molecule has 1 heterocycles. The summed E-state index contributed by atoms with van der Waals surface area (Å²) >= 11 is 0. The van der Waals surface area contributed by atoms with Crippen LogP contribution in [0, 0.1) is 5.92 Å². The van der Waals surface area contributed by atoms with Gasteiger partial charge in [0.2, 0.25) is 0 Å². The van der Waals surface area contributed by atoms with Gasteiger partial charge in [-0.05, 0) is 24.1 Å². The minimum Gasteiger partial charge on any atom is -0.491 e. The molecular weight excluding hydrogens is 274 g/mol. The van der Waals surface area contributed by atoms with Gasteiger partial charge in [0.25, 0.3) is 0 Å². The quantitative estimate of drug-likeness (QED) is 0.700. The van der Waals surface area contributed by atoms with E-state index in [1.54, 1.807) is 0 Å². The molecule has 1 aliphatic heterocycles. The Morgan fingerprint density at radius 3 is 2.95 bits per heavy atom. The zero-order valence-corrected chi connectivity index (χ0v) is 11.8. The van der Waals surface area contributed by atoms with Crippen LogP contribution in [0.3, 0.4) is 0 Å². The Balaban J connectivity index is 1.96. The molecule has 0 bridgehead atoms. The van der Waals surface area contributed by atoms with E-state index < -0.39 is 18.0 Å². The summed E-state index contributed by atoms with van der Waals surface area (Å²) in [5.74, 6) is -0.992. The van der Waals surface area contributed by atoms with Crippen molar-refractivity contribution in [1.29, 1.82) is 0 Å². The molecule has 6 nitrogen and oxygen atoms in total. The second kappa shape index (κ2) is 7.40. The number of benzene rings is 1. The van der Waals surface area contributed by atoms with E-state index in [2.05, 4.69) is 0 Å². The standard InChI is InChI=1S/C15H21NO5/c17-6-7-21-12-3-1-2-11(8-12)9-16-5-4-14(18)13(10-16)15(19)20/h1-3,8,13-14,17-18H,4-7,9-10H2,(H,19,20)/t13-,14+/m1/s1. The van der Waals surface area contributed by atoms with Gasteiger partial charge >= 0.3 is 5.97 Å². The predicted molar refractivity (Wildman–Crippen MR) is 76.0 cm³/mol. The van der Waals surface area contributed by atoms with Crippen LogP contribution in [0.15, 0.2) is 24.3 Å². The van der Waals surface area contributed by atoms with Gasteiger partial charge in [-0.15, -0.1) is 0 Å². The Morgan fingerprint density at radius 1 is 1.43 bits per heavy atom. The maximum Gasteiger partial charge on any atom is 0.310 e. The van der Waals surface area contributed by atoms with E-state index in [4.69, 9.17) is 14.9 Å². The molecule has 1 aliphatic rings. The highest BCUT2D eigenvalue weighted by Crippen LogP contribution is 2.21. The van der Waals surface area contributed by atoms with Crippen LogP contribution in [-0.4, -0.2) is 58.6 Å². The maximum atomic E-state index is 11.1. The van der Waals surface area contributed by atoms with Crippen LogP contribution in [0.5, 0.6) is 5.75 Å². The molecule has 3 N–H and O–H groups in total. The van der Waals surface area contributed by atoms with E-state index in [0.717, 1.165) is 5.56 Å². The van der Waals surface area contributed by atoms with Crippen molar-refractivity contribution >= 4 is 5.97 Å². The largest absolute Gasteiger partial charge is 0.491 e. The van der Waals surface area contributed by atoms with Crippen molar-refractivity contribution in [2.45, 2.75) is 19.1 Å². The number of aliphatic hydroxyl groups is 2. The van der Waals surface area contributed by atoms with Gasteiger partial charge in [-0.25, -0.2) is 0 Å². The van der Waals surface area contributed by atoms with E-state index in [1.807, 2.05) is 29.2 Å². The number of likely N-dealkylation sites (tertiary alicyclic amines) is 1. The normalized spacial score (nSPS) is 23.0. The summed E-state index contributed by atoms with van der Waals surface area (Å²) in [6.07, 6.45) is -0.296. The Labute approximate surface area is 123 Å². The van der Waals surface area contributed by atoms with E-state index >= 15 is 0 Å². The lowest BCUT2D eigenvalue weighted by atomic mass is 9.94. The van der Waals surface area contributed by atoms with Gasteiger partial charge < -0.3 is 20.1 Å². The summed E-state index contributed by atoms with van der Waals surface area (Å²) in [6.45, 7) is 1.85. The summed E-state index contributed by atoms with van der Waals surface area (Å²) < 4.78 is 5.36. The predicted octanol–water partition coefficient (Wildman–Crippen LogP) is 0.325. The maximum absolute atomic E-state index is 11.1. The van der Waals surface area contributed by atoms with Gasteiger partial charge in [-0.1, -0.05) is 12.1 Å². The van der Waals surface area contributed by atoms with E-state index in [9.17, 15) is 9.90 Å². The highest BCUT2D eigenvalue weighted by atomic mass is 16.5. The molecule has 6 heteroatoms. The van der Waals surface area contributed by atoms with Crippen LogP contribution in [0.4, 0.5) is 0 Å². The van der Waals surface area contributed by atoms with E-state index in [-0.39, 0.29) is 13.2 Å². The molecule has 21 heavy (non-hydrogen) atoms. The zero-order chi connectivity index (χ0) is 15.2. The molecule has 0 aromatic heterocycles. The average molecular weight is 295 g/mol. The fourth-order valence-corrected chi connectivity index (χ4v) is 2.55. The molecule has 1 aromatic carbocycles. The van der Waals surface area contributed by atoms with Gasteiger partial charge in [0.05, 0.1) is 18.6 Å². The molecule has 116 valence electrons. The van der Waals surface area contributed by atoms with Crippen molar-refractivity contribution in [1.82, 2.24) is 4.90 Å². The third-order valence-corrected chi connectivity index (χ3v) is 3.64. The third-order valence-electron chi connectivity index (χ3n) is 3.64. The SMILES string of the molecule is O=C(O)[C@@H]1CN(Cc2cccc(OCCO)c2)CC[C@@H]1O. The summed E-state index contributed by atoms with van der Waals surface area (Å²) in [5, 5.41) is 27.6. The number of carboxylic acid groups (broad SMARTS) is 1. The van der Waals surface area contributed by atoms with Crippen LogP contribution in [-0.2, 0) is 11.3 Å². The third kappa shape index (κ3) is 4.42. The van der Waals surface area contributed by atoms with Crippen molar-refractivity contribution in [2.24, 2.45) is 5.92 Å². The number of nitrogens with zero attached hydrogens (tertiary/aromatic N) is 1. The first-order valence-corrected chi connectivity index (χ1v) is 7.06. The fraction of sp³-hybridized carbons (Fsp3) is 0.533. The Bertz CT molecular complexity index is 479. The monoisotopic (exact) mass is 295 g/mol. The second-order valence-corrected chi connectivity index (χ2v) is 5.26. The highest BCUT2D eigenvalue weighted by Gasteiger charge is 2.32. The van der Waals surface area contributed by atoms with E-state index in [0.29, 0.717) is 31.8 Å². The Kier molecular flexibility index (Phi) is 5.55. The lowest BCUT2D eigenvalue weighted by molar-refractivity contribution is -0.149. The highest BCUT2D eigenvalue weighted by molar-refractivity contribution is 5.71. The average Bonchev–Trinajstić information content (AvgIpc) is 2.47. The molecule has 1 fully saturated rings. The molecule has 0 amide bonds. The Hall–Kier alpha value is -1.63. The molecule has 0 unspecified atom stereocenters. The van der Waals surface area contributed by atoms with Crippen LogP contribution in [0.2, 0.25) is 0 Å². The van der Waals surface area contributed by atoms with Gasteiger partial charge in [0.15, 0.2) is 0 Å². The first-order valence-electron chi connectivity index (χ1n) is 7.06. The van der Waals surface area contributed by atoms with Crippen molar-refractivity contribution in [3.05, 3.63) is 29.8 Å². The number of hydrogen-bond donors (Lipinski definition) is 3. The lowest BCUT2D eigenvalue weighted by Gasteiger charge is -2.34. The fourth-order valence-electron chi connectivity index (χ4n) is 2.55. The van der Waals surface area contributed by atoms with Crippen molar-refractivity contribution in [3.8, 4) is 5.75 Å². The second-order valence-electron chi connectivity index (χ2n) is 5.26. The molecule has 2 rings (SSSR count). The van der Waals surface area contributed by atoms with Crippen molar-refractivity contribution in [2.75, 3.05) is 26.3 Å². The minimum atomic E-state index is -0.952. The number of ether oxygens (including phenoxy) is 1. The lowest BCUT2D eigenvalue weighted by Crippen LogP contribution is -2.46. The van der Waals surface area contributed by atoms with Crippen LogP contribution >= 0.6 is 0 Å². The first-order chi connectivity index (χ1) is 10.1. The van der Waals surface area contributed by atoms with Crippen molar-refractivity contribution in [3.63, 3.8) is 0 Å². The smallest absolute Gasteiger partial charge is 0.310 e. The molecule has 0 spiro atoms. The van der Waals surface area contributed by atoms with Gasteiger partial charge in [-0.2, -0.15) is 0 Å². The summed E-state index contributed by atoms with van der Waals surface area (Å²) in [4.78, 5) is 13.1. The number of carbonyl (C=O) groups is 1. The molecule has 0 saturated carbocycles. The molecule has 1 aromatic rings. The topological polar surface area (TPSA) is 90.2 Å². The summed E-state index contributed by atoms with van der Waals surface area (Å²) in [6, 6.07) is 7.53. The van der Waals surface area contributed by atoms with Crippen LogP contribution in [0.25, 0.3) is 0 Å². The summed E-state index contributed by atoms with van der Waals surface area (Å²) in [5.41, 5.74) is 1.02. The van der Waals surface area contributed by atoms with Gasteiger partial charge in [0, 0.05) is 19.6 Å². The molecular formula is C15H21NO5. The number of aliphatic hydroxyl groups excluding tert-OH is 2. The number of piperidine rings is 1. The minimum absolute atomic E-state index is 0.0332. The van der Waals surface area contributed by atoms with Crippen LogP contribution < -0.4 is 4.74 Å². The molecule has 0 aliphatic carbocycles. The first kappa shape index (κ1) is 15.8. The number of hydrogen-bond acceptors (Lipinski definition) is 5. The van der Waals surface area contributed by atoms with Gasteiger partial charge in [-0.3, -0.25) is 9.69 Å². The molecule has 1 saturated heterocycles. The Morgan fingerprint density at radius 2 is 2.24 bits per heavy atom. The van der Waals surface area contributed by atoms with Crippen molar-refractivity contribution < 1.29 is 24.9 Å². The van der Waals surface area contributed by atoms with Gasteiger partial charge in [0.1, 0.15) is 12.4 Å². The number of aliphatic carboxylic acids is 1. The number of rotatable bonds is 6. The van der Waals surface area contributed by atoms with Crippen LogP contribution in [0.1, 0.15) is 12.0 Å². The zero-order valence-electron chi connectivity index (χ0n) is 11.8. The molecule has 0 radical (unpaired) electrons.